The summed E-state index contributed by atoms with van der Waals surface area (Å²) in [5.41, 5.74) is 10.6. The van der Waals surface area contributed by atoms with Crippen LogP contribution in [0, 0.1) is 0 Å². The average Bonchev–Trinajstić information content (AvgIpc) is 1.96. The molecule has 0 aliphatic heterocycles. The van der Waals surface area contributed by atoms with Crippen LogP contribution in [0.3, 0.4) is 0 Å². The fourth-order valence-electron chi connectivity index (χ4n) is 0.775. The van der Waals surface area contributed by atoms with Crippen molar-refractivity contribution in [3.63, 3.8) is 0 Å². The van der Waals surface area contributed by atoms with E-state index >= 15 is 0 Å². The van der Waals surface area contributed by atoms with E-state index in [4.69, 9.17) is 21.7 Å². The maximum Gasteiger partial charge on any atom is 0.307 e. The van der Waals surface area contributed by atoms with Crippen molar-refractivity contribution in [2.45, 2.75) is 19.3 Å². The van der Waals surface area contributed by atoms with Crippen LogP contribution in [0.2, 0.25) is 0 Å². The van der Waals surface area contributed by atoms with E-state index in [0.717, 1.165) is 0 Å². The van der Waals surface area contributed by atoms with Crippen LogP contribution in [0.5, 0.6) is 0 Å². The van der Waals surface area contributed by atoms with Crippen molar-refractivity contribution in [3.05, 3.63) is 11.4 Å². The van der Waals surface area contributed by atoms with E-state index in [9.17, 15) is 9.59 Å². The van der Waals surface area contributed by atoms with Gasteiger partial charge in [0.15, 0.2) is 0 Å². The molecule has 0 aromatic carbocycles. The zero-order valence-corrected chi connectivity index (χ0v) is 6.99. The summed E-state index contributed by atoms with van der Waals surface area (Å²) in [6.45, 7) is 0. The van der Waals surface area contributed by atoms with Gasteiger partial charge in [-0.05, 0) is 12.0 Å². The van der Waals surface area contributed by atoms with Crippen molar-refractivity contribution in [1.29, 1.82) is 0 Å². The van der Waals surface area contributed by atoms with Gasteiger partial charge in [-0.15, -0.1) is 0 Å². The number of hydrogen-bond acceptors (Lipinski definition) is 4. The lowest BCUT2D eigenvalue weighted by atomic mass is 10.1. The third kappa shape index (κ3) is 5.54. The van der Waals surface area contributed by atoms with Crippen LogP contribution in [0.1, 0.15) is 19.3 Å². The molecule has 6 N–H and O–H groups in total. The minimum atomic E-state index is -1.08. The van der Waals surface area contributed by atoms with Crippen LogP contribution < -0.4 is 11.5 Å². The molecule has 0 fully saturated rings. The maximum atomic E-state index is 10.3. The Morgan fingerprint density at radius 1 is 1.00 bits per heavy atom. The van der Waals surface area contributed by atoms with Gasteiger partial charge in [0.25, 0.3) is 0 Å². The van der Waals surface area contributed by atoms with Crippen LogP contribution in [0.15, 0.2) is 11.4 Å². The lowest BCUT2D eigenvalue weighted by molar-refractivity contribution is -0.138. The Morgan fingerprint density at radius 3 is 1.85 bits per heavy atom. The Bertz CT molecular complexity index is 243. The van der Waals surface area contributed by atoms with Crippen LogP contribution in [0.4, 0.5) is 0 Å². The fourth-order valence-corrected chi connectivity index (χ4v) is 0.775. The number of carboxylic acids is 2. The van der Waals surface area contributed by atoms with E-state index < -0.39 is 11.9 Å². The maximum absolute atomic E-state index is 10.3. The molecule has 0 amide bonds. The van der Waals surface area contributed by atoms with Crippen LogP contribution in [0.25, 0.3) is 0 Å². The van der Waals surface area contributed by atoms with E-state index in [0.29, 0.717) is 0 Å². The molecule has 0 aliphatic rings. The van der Waals surface area contributed by atoms with E-state index in [-0.39, 0.29) is 30.7 Å². The molecular weight excluding hydrogens is 176 g/mol. The third-order valence-electron chi connectivity index (χ3n) is 1.41. The second kappa shape index (κ2) is 5.02. The predicted octanol–water partition coefficient (Wildman–Crippen LogP) is -0.545. The van der Waals surface area contributed by atoms with Crippen molar-refractivity contribution in [3.8, 4) is 0 Å². The summed E-state index contributed by atoms with van der Waals surface area (Å²) in [5, 5.41) is 16.7. The SMILES string of the molecule is NC(N)=C(CCC(=O)O)CC(=O)O. The van der Waals surface area contributed by atoms with E-state index in [1.54, 1.807) is 0 Å². The first-order valence-electron chi connectivity index (χ1n) is 3.60. The highest BCUT2D eigenvalue weighted by Gasteiger charge is 2.09. The van der Waals surface area contributed by atoms with Gasteiger partial charge in [0, 0.05) is 6.42 Å². The van der Waals surface area contributed by atoms with Crippen molar-refractivity contribution >= 4 is 11.9 Å². The van der Waals surface area contributed by atoms with Crippen molar-refractivity contribution in [2.24, 2.45) is 11.5 Å². The molecular formula is C7H12N2O4. The summed E-state index contributed by atoms with van der Waals surface area (Å²) in [5.74, 6) is -2.19. The van der Waals surface area contributed by atoms with Gasteiger partial charge in [-0.1, -0.05) is 0 Å². The van der Waals surface area contributed by atoms with Gasteiger partial charge >= 0.3 is 11.9 Å². The molecule has 13 heavy (non-hydrogen) atoms. The largest absolute Gasteiger partial charge is 0.481 e. The molecule has 0 saturated heterocycles. The van der Waals surface area contributed by atoms with Gasteiger partial charge in [0.1, 0.15) is 0 Å². The molecule has 0 aromatic rings. The Labute approximate surface area is 74.8 Å². The normalized spacial score (nSPS) is 9.23. The summed E-state index contributed by atoms with van der Waals surface area (Å²) in [7, 11) is 0. The minimum absolute atomic E-state index is 0.0734. The number of nitrogens with two attached hydrogens (primary N) is 2. The summed E-state index contributed by atoms with van der Waals surface area (Å²) in [6.07, 6.45) is -0.403. The third-order valence-corrected chi connectivity index (χ3v) is 1.41. The lowest BCUT2D eigenvalue weighted by Crippen LogP contribution is -2.15. The molecule has 6 nitrogen and oxygen atoms in total. The highest BCUT2D eigenvalue weighted by atomic mass is 16.4. The fraction of sp³-hybridized carbons (Fsp3) is 0.429. The van der Waals surface area contributed by atoms with Gasteiger partial charge in [-0.2, -0.15) is 0 Å². The van der Waals surface area contributed by atoms with Gasteiger partial charge in [0.2, 0.25) is 0 Å². The second-order valence-electron chi connectivity index (χ2n) is 2.52. The molecule has 0 aliphatic carbocycles. The standard InChI is InChI=1S/C7H12N2O4/c8-7(9)4(3-6(12)13)1-2-5(10)11/h1-3,8-9H2,(H,10,11)(H,12,13). The van der Waals surface area contributed by atoms with Crippen LogP contribution in [-0.4, -0.2) is 22.2 Å². The molecule has 0 atom stereocenters. The molecule has 0 rings (SSSR count). The van der Waals surface area contributed by atoms with Crippen molar-refractivity contribution in [2.75, 3.05) is 0 Å². The zero-order valence-electron chi connectivity index (χ0n) is 6.99. The van der Waals surface area contributed by atoms with Crippen LogP contribution >= 0.6 is 0 Å². The number of carboxylic acid groups (broad SMARTS) is 2. The molecule has 0 saturated carbocycles. The number of aliphatic carboxylic acids is 2. The van der Waals surface area contributed by atoms with E-state index in [1.807, 2.05) is 0 Å². The second-order valence-corrected chi connectivity index (χ2v) is 2.52. The van der Waals surface area contributed by atoms with Gasteiger partial charge in [-0.3, -0.25) is 9.59 Å². The smallest absolute Gasteiger partial charge is 0.307 e. The summed E-state index contributed by atoms with van der Waals surface area (Å²) >= 11 is 0. The Hall–Kier alpha value is -1.72. The van der Waals surface area contributed by atoms with Gasteiger partial charge in [-0.25, -0.2) is 0 Å². The lowest BCUT2D eigenvalue weighted by Gasteiger charge is -2.04. The Kier molecular flexibility index (Phi) is 4.36. The number of rotatable bonds is 5. The first-order valence-corrected chi connectivity index (χ1v) is 3.60. The molecule has 0 unspecified atom stereocenters. The summed E-state index contributed by atoms with van der Waals surface area (Å²) in [6, 6.07) is 0. The first-order chi connectivity index (χ1) is 5.93. The Balaban J connectivity index is 4.21. The topological polar surface area (TPSA) is 127 Å². The van der Waals surface area contributed by atoms with E-state index in [1.165, 1.54) is 0 Å². The molecule has 0 spiro atoms. The molecule has 74 valence electrons. The highest BCUT2D eigenvalue weighted by Crippen LogP contribution is 2.10. The minimum Gasteiger partial charge on any atom is -0.481 e. The number of hydrogen-bond donors (Lipinski definition) is 4. The van der Waals surface area contributed by atoms with Crippen molar-refractivity contribution < 1.29 is 19.8 Å². The zero-order chi connectivity index (χ0) is 10.4. The highest BCUT2D eigenvalue weighted by molar-refractivity contribution is 5.71. The van der Waals surface area contributed by atoms with Gasteiger partial charge < -0.3 is 21.7 Å². The summed E-state index contributed by atoms with van der Waals surface area (Å²) in [4.78, 5) is 20.4. The van der Waals surface area contributed by atoms with Crippen LogP contribution in [-0.2, 0) is 9.59 Å². The van der Waals surface area contributed by atoms with E-state index in [2.05, 4.69) is 0 Å². The molecule has 6 heteroatoms. The molecule has 0 radical (unpaired) electrons. The predicted molar refractivity (Wildman–Crippen MR) is 44.5 cm³/mol. The molecule has 0 bridgehead atoms. The van der Waals surface area contributed by atoms with Gasteiger partial charge in [0.05, 0.1) is 12.2 Å². The monoisotopic (exact) mass is 188 g/mol. The summed E-state index contributed by atoms with van der Waals surface area (Å²) < 4.78 is 0. The average molecular weight is 188 g/mol. The first kappa shape index (κ1) is 11.3. The van der Waals surface area contributed by atoms with Crippen molar-refractivity contribution in [1.82, 2.24) is 0 Å². The molecule has 0 aromatic heterocycles. The quantitative estimate of drug-likeness (QED) is 0.458. The Morgan fingerprint density at radius 2 is 1.54 bits per heavy atom. The molecule has 0 heterocycles. The number of carbonyl (C=O) groups is 2.